The quantitative estimate of drug-likeness (QED) is 0.818. The normalized spacial score (nSPS) is 21.8. The van der Waals surface area contributed by atoms with E-state index in [0.29, 0.717) is 0 Å². The van der Waals surface area contributed by atoms with Gasteiger partial charge in [0.2, 0.25) is 10.0 Å². The topological polar surface area (TPSA) is 75.3 Å². The van der Waals surface area contributed by atoms with Gasteiger partial charge in [-0.05, 0) is 50.9 Å². The summed E-state index contributed by atoms with van der Waals surface area (Å²) in [5.74, 6) is -1.87. The highest BCUT2D eigenvalue weighted by atomic mass is 35.5. The first-order valence-corrected chi connectivity index (χ1v) is 9.51. The lowest BCUT2D eigenvalue weighted by Crippen LogP contribution is -2.40. The first kappa shape index (κ1) is 20.0. The first-order chi connectivity index (χ1) is 11.5. The van der Waals surface area contributed by atoms with Crippen molar-refractivity contribution in [2.45, 2.75) is 42.8 Å². The number of carbonyl (C=O) groups is 1. The number of hydrogen-bond acceptors (Lipinski definition) is 3. The van der Waals surface area contributed by atoms with Gasteiger partial charge < -0.3 is 5.32 Å². The van der Waals surface area contributed by atoms with Crippen molar-refractivity contribution in [1.82, 2.24) is 10.0 Å². The van der Waals surface area contributed by atoms with Crippen LogP contribution in [0.1, 0.15) is 36.0 Å². The van der Waals surface area contributed by atoms with Gasteiger partial charge in [-0.3, -0.25) is 4.79 Å². The second-order valence-electron chi connectivity index (χ2n) is 5.92. The minimum absolute atomic E-state index is 0.0309. The fraction of sp³-hybridized carbons (Fsp3) is 0.533. The maximum absolute atomic E-state index is 12.7. The Hall–Kier alpha value is -1.32. The predicted molar refractivity (Wildman–Crippen MR) is 87.0 cm³/mol. The Labute approximate surface area is 149 Å². The summed E-state index contributed by atoms with van der Waals surface area (Å²) in [5.41, 5.74) is 0.0798. The Morgan fingerprint density at radius 3 is 2.32 bits per heavy atom. The summed E-state index contributed by atoms with van der Waals surface area (Å²) in [6.07, 6.45) is -3.82. The molecule has 0 aliphatic heterocycles. The van der Waals surface area contributed by atoms with E-state index >= 15 is 0 Å². The Balaban J connectivity index is 2.06. The third kappa shape index (κ3) is 4.86. The van der Waals surface area contributed by atoms with Crippen molar-refractivity contribution in [3.63, 3.8) is 0 Å². The number of halogens is 4. The van der Waals surface area contributed by atoms with Crippen molar-refractivity contribution >= 4 is 27.5 Å². The Kier molecular flexibility index (Phi) is 6.01. The molecular formula is C15H18ClF3N2O3S. The van der Waals surface area contributed by atoms with E-state index in [-0.39, 0.29) is 47.2 Å². The van der Waals surface area contributed by atoms with Gasteiger partial charge in [-0.15, -0.1) is 0 Å². The molecule has 5 nitrogen and oxygen atoms in total. The molecule has 1 saturated carbocycles. The van der Waals surface area contributed by atoms with E-state index in [1.54, 1.807) is 0 Å². The fourth-order valence-electron chi connectivity index (χ4n) is 2.79. The van der Waals surface area contributed by atoms with E-state index < -0.39 is 28.0 Å². The molecule has 0 atom stereocenters. The highest BCUT2D eigenvalue weighted by Gasteiger charge is 2.41. The highest BCUT2D eigenvalue weighted by molar-refractivity contribution is 7.89. The third-order valence-electron chi connectivity index (χ3n) is 4.28. The summed E-state index contributed by atoms with van der Waals surface area (Å²) >= 11 is 5.86. The number of nitrogens with one attached hydrogen (secondary N) is 2. The van der Waals surface area contributed by atoms with Crippen LogP contribution in [-0.2, 0) is 10.0 Å². The summed E-state index contributed by atoms with van der Waals surface area (Å²) in [7, 11) is -2.61. The zero-order valence-electron chi connectivity index (χ0n) is 13.4. The maximum atomic E-state index is 12.7. The second kappa shape index (κ2) is 7.51. The average molecular weight is 399 g/mol. The van der Waals surface area contributed by atoms with Gasteiger partial charge in [-0.1, -0.05) is 11.6 Å². The molecule has 1 amide bonds. The fourth-order valence-corrected chi connectivity index (χ4v) is 4.04. The number of amides is 1. The highest BCUT2D eigenvalue weighted by Crippen LogP contribution is 2.37. The Bertz CT molecular complexity index is 745. The molecule has 2 N–H and O–H groups in total. The monoisotopic (exact) mass is 398 g/mol. The van der Waals surface area contributed by atoms with Crippen LogP contribution in [0.3, 0.4) is 0 Å². The molecule has 0 spiro atoms. The smallest absolute Gasteiger partial charge is 0.349 e. The molecule has 0 unspecified atom stereocenters. The Morgan fingerprint density at radius 2 is 1.80 bits per heavy atom. The SMILES string of the molecule is CNS(=O)(=O)c1cc(C(=O)NC2CCC(C(F)(F)F)CC2)ccc1Cl. The third-order valence-corrected chi connectivity index (χ3v) is 6.17. The number of alkyl halides is 3. The molecule has 0 saturated heterocycles. The molecule has 0 radical (unpaired) electrons. The molecule has 1 aromatic carbocycles. The van der Waals surface area contributed by atoms with Crippen LogP contribution in [-0.4, -0.2) is 33.6 Å². The van der Waals surface area contributed by atoms with Gasteiger partial charge in [-0.25, -0.2) is 13.1 Å². The van der Waals surface area contributed by atoms with E-state index in [2.05, 4.69) is 10.0 Å². The molecule has 1 aliphatic carbocycles. The largest absolute Gasteiger partial charge is 0.391 e. The molecular weight excluding hydrogens is 381 g/mol. The summed E-state index contributed by atoms with van der Waals surface area (Å²) in [4.78, 5) is 12.0. The van der Waals surface area contributed by atoms with Gasteiger partial charge >= 0.3 is 6.18 Å². The summed E-state index contributed by atoms with van der Waals surface area (Å²) < 4.78 is 63.9. The van der Waals surface area contributed by atoms with Crippen LogP contribution in [0.2, 0.25) is 5.02 Å². The van der Waals surface area contributed by atoms with Crippen LogP contribution in [0.15, 0.2) is 23.1 Å². The zero-order chi connectivity index (χ0) is 18.8. The molecule has 25 heavy (non-hydrogen) atoms. The molecule has 0 heterocycles. The minimum atomic E-state index is -4.21. The van der Waals surface area contributed by atoms with Crippen molar-refractivity contribution in [3.8, 4) is 0 Å². The minimum Gasteiger partial charge on any atom is -0.349 e. The lowest BCUT2D eigenvalue weighted by Gasteiger charge is -2.30. The molecule has 0 bridgehead atoms. The van der Waals surface area contributed by atoms with Gasteiger partial charge in [0.25, 0.3) is 5.91 Å². The van der Waals surface area contributed by atoms with Crippen molar-refractivity contribution in [1.29, 1.82) is 0 Å². The van der Waals surface area contributed by atoms with Crippen LogP contribution in [0, 0.1) is 5.92 Å². The van der Waals surface area contributed by atoms with Crippen molar-refractivity contribution in [3.05, 3.63) is 28.8 Å². The lowest BCUT2D eigenvalue weighted by atomic mass is 9.85. The standard InChI is InChI=1S/C15H18ClF3N2O3S/c1-20-25(23,24)13-8-9(2-7-12(13)16)14(22)21-11-5-3-10(4-6-11)15(17,18)19/h2,7-8,10-11,20H,3-6H2,1H3,(H,21,22). The van der Waals surface area contributed by atoms with Crippen LogP contribution in [0.25, 0.3) is 0 Å². The van der Waals surface area contributed by atoms with Gasteiger partial charge in [0, 0.05) is 11.6 Å². The van der Waals surface area contributed by atoms with E-state index in [1.165, 1.54) is 19.2 Å². The molecule has 1 fully saturated rings. The van der Waals surface area contributed by atoms with Crippen LogP contribution < -0.4 is 10.0 Å². The number of hydrogen-bond donors (Lipinski definition) is 2. The summed E-state index contributed by atoms with van der Waals surface area (Å²) in [6.45, 7) is 0. The average Bonchev–Trinajstić information content (AvgIpc) is 2.54. The van der Waals surface area contributed by atoms with Crippen molar-refractivity contribution < 1.29 is 26.4 Å². The van der Waals surface area contributed by atoms with Gasteiger partial charge in [-0.2, -0.15) is 13.2 Å². The molecule has 1 aliphatic rings. The number of sulfonamides is 1. The zero-order valence-corrected chi connectivity index (χ0v) is 14.9. The molecule has 10 heteroatoms. The Morgan fingerprint density at radius 1 is 1.20 bits per heavy atom. The second-order valence-corrected chi connectivity index (χ2v) is 8.18. The van der Waals surface area contributed by atoms with Gasteiger partial charge in [0.1, 0.15) is 4.90 Å². The van der Waals surface area contributed by atoms with Gasteiger partial charge in [0.15, 0.2) is 0 Å². The maximum Gasteiger partial charge on any atom is 0.391 e. The number of rotatable bonds is 4. The number of benzene rings is 1. The van der Waals surface area contributed by atoms with E-state index in [0.717, 1.165) is 6.07 Å². The van der Waals surface area contributed by atoms with Crippen LogP contribution in [0.4, 0.5) is 13.2 Å². The first-order valence-electron chi connectivity index (χ1n) is 7.65. The van der Waals surface area contributed by atoms with Crippen molar-refractivity contribution in [2.75, 3.05) is 7.05 Å². The molecule has 140 valence electrons. The van der Waals surface area contributed by atoms with Crippen LogP contribution >= 0.6 is 11.6 Å². The molecule has 1 aromatic rings. The predicted octanol–water partition coefficient (Wildman–Crippen LogP) is 3.10. The van der Waals surface area contributed by atoms with Crippen LogP contribution in [0.5, 0.6) is 0 Å². The number of carbonyl (C=O) groups excluding carboxylic acids is 1. The molecule has 2 rings (SSSR count). The van der Waals surface area contributed by atoms with E-state index in [1.807, 2.05) is 0 Å². The summed E-state index contributed by atoms with van der Waals surface area (Å²) in [6, 6.07) is 3.44. The summed E-state index contributed by atoms with van der Waals surface area (Å²) in [5, 5.41) is 2.63. The van der Waals surface area contributed by atoms with Crippen molar-refractivity contribution in [2.24, 2.45) is 5.92 Å². The van der Waals surface area contributed by atoms with E-state index in [9.17, 15) is 26.4 Å². The van der Waals surface area contributed by atoms with Gasteiger partial charge in [0.05, 0.1) is 10.9 Å². The molecule has 0 aromatic heterocycles. The van der Waals surface area contributed by atoms with E-state index in [4.69, 9.17) is 11.6 Å². The lowest BCUT2D eigenvalue weighted by molar-refractivity contribution is -0.182.